The number of anilines is 1. The molecule has 5 rings (SSSR count). The van der Waals surface area contributed by atoms with E-state index in [1.54, 1.807) is 30.4 Å². The van der Waals surface area contributed by atoms with Crippen molar-refractivity contribution in [2.75, 3.05) is 25.1 Å². The molecule has 1 saturated heterocycles. The Kier molecular flexibility index (Phi) is 4.01. The molecule has 0 radical (unpaired) electrons. The van der Waals surface area contributed by atoms with Crippen molar-refractivity contribution < 1.29 is 4.74 Å². The van der Waals surface area contributed by atoms with E-state index in [4.69, 9.17) is 9.72 Å². The van der Waals surface area contributed by atoms with Gasteiger partial charge in [-0.25, -0.2) is 14.6 Å². The molecule has 4 heterocycles. The maximum absolute atomic E-state index is 5.43. The van der Waals surface area contributed by atoms with Gasteiger partial charge in [0.1, 0.15) is 11.4 Å². The van der Waals surface area contributed by atoms with Crippen LogP contribution in [0.3, 0.4) is 0 Å². The highest BCUT2D eigenvalue weighted by molar-refractivity contribution is 5.60. The molecule has 0 aliphatic carbocycles. The average molecular weight is 373 g/mol. The van der Waals surface area contributed by atoms with Gasteiger partial charge in [0.25, 0.3) is 0 Å². The van der Waals surface area contributed by atoms with Crippen molar-refractivity contribution in [2.24, 2.45) is 0 Å². The highest BCUT2D eigenvalue weighted by Crippen LogP contribution is 2.27. The van der Waals surface area contributed by atoms with Crippen LogP contribution in [-0.2, 0) is 0 Å². The maximum Gasteiger partial charge on any atom is 0.226 e. The predicted molar refractivity (Wildman–Crippen MR) is 105 cm³/mol. The molecule has 3 aromatic heterocycles. The SMILES string of the molecule is COc1ccccc1-n1cc(-c2ccnc(N3CC(n4cccn4)C3)n2)cn1. The fourth-order valence-electron chi connectivity index (χ4n) is 3.35. The van der Waals surface area contributed by atoms with E-state index in [0.29, 0.717) is 6.04 Å². The highest BCUT2D eigenvalue weighted by Gasteiger charge is 2.30. The number of methoxy groups -OCH3 is 1. The number of ether oxygens (including phenoxy) is 1. The van der Waals surface area contributed by atoms with Crippen LogP contribution in [0, 0.1) is 0 Å². The smallest absolute Gasteiger partial charge is 0.226 e. The fraction of sp³-hybridized carbons (Fsp3) is 0.200. The van der Waals surface area contributed by atoms with Gasteiger partial charge in [-0.3, -0.25) is 4.68 Å². The third-order valence-electron chi connectivity index (χ3n) is 4.90. The van der Waals surface area contributed by atoms with Gasteiger partial charge in [0.05, 0.1) is 25.0 Å². The molecule has 0 N–H and O–H groups in total. The lowest BCUT2D eigenvalue weighted by atomic mass is 10.1. The summed E-state index contributed by atoms with van der Waals surface area (Å²) in [5, 5.41) is 8.78. The standard InChI is InChI=1S/C20H19N7O/c1-28-19-6-3-2-5-18(19)27-12-15(11-23-27)17-7-9-21-20(24-17)25-13-16(14-25)26-10-4-8-22-26/h2-12,16H,13-14H2,1H3. The molecule has 0 bridgehead atoms. The zero-order valence-electron chi connectivity index (χ0n) is 15.4. The highest BCUT2D eigenvalue weighted by atomic mass is 16.5. The normalized spacial score (nSPS) is 14.1. The zero-order valence-corrected chi connectivity index (χ0v) is 15.4. The lowest BCUT2D eigenvalue weighted by Crippen LogP contribution is -2.48. The first-order valence-electron chi connectivity index (χ1n) is 9.07. The Balaban J connectivity index is 1.37. The lowest BCUT2D eigenvalue weighted by molar-refractivity contribution is 0.363. The summed E-state index contributed by atoms with van der Waals surface area (Å²) in [7, 11) is 1.66. The van der Waals surface area contributed by atoms with Crippen molar-refractivity contribution in [3.05, 3.63) is 67.4 Å². The number of hydrogen-bond acceptors (Lipinski definition) is 6. The van der Waals surface area contributed by atoms with E-state index in [0.717, 1.165) is 41.7 Å². The second kappa shape index (κ2) is 6.80. The summed E-state index contributed by atoms with van der Waals surface area (Å²) in [6, 6.07) is 12.0. The van der Waals surface area contributed by atoms with Crippen LogP contribution < -0.4 is 9.64 Å². The minimum Gasteiger partial charge on any atom is -0.494 e. The molecule has 1 aromatic carbocycles. The molecule has 1 fully saturated rings. The number of hydrogen-bond donors (Lipinski definition) is 0. The molecule has 0 saturated carbocycles. The van der Waals surface area contributed by atoms with Crippen molar-refractivity contribution in [2.45, 2.75) is 6.04 Å². The molecule has 0 atom stereocenters. The van der Waals surface area contributed by atoms with Crippen LogP contribution in [0.25, 0.3) is 16.9 Å². The number of rotatable bonds is 5. The molecular weight excluding hydrogens is 354 g/mol. The molecule has 0 amide bonds. The van der Waals surface area contributed by atoms with Crippen molar-refractivity contribution in [1.29, 1.82) is 0 Å². The van der Waals surface area contributed by atoms with Crippen LogP contribution in [0.1, 0.15) is 6.04 Å². The number of aromatic nitrogens is 6. The molecule has 1 aliphatic heterocycles. The summed E-state index contributed by atoms with van der Waals surface area (Å²) in [6.45, 7) is 1.71. The van der Waals surface area contributed by atoms with Gasteiger partial charge in [-0.1, -0.05) is 12.1 Å². The minimum absolute atomic E-state index is 0.371. The quantitative estimate of drug-likeness (QED) is 0.535. The van der Waals surface area contributed by atoms with Crippen molar-refractivity contribution in [1.82, 2.24) is 29.5 Å². The Hall–Kier alpha value is -3.68. The fourth-order valence-corrected chi connectivity index (χ4v) is 3.35. The van der Waals surface area contributed by atoms with Crippen LogP contribution in [0.15, 0.2) is 67.4 Å². The summed E-state index contributed by atoms with van der Waals surface area (Å²) in [5.41, 5.74) is 2.66. The van der Waals surface area contributed by atoms with E-state index in [1.165, 1.54) is 0 Å². The van der Waals surface area contributed by atoms with Crippen LogP contribution in [0.4, 0.5) is 5.95 Å². The van der Waals surface area contributed by atoms with E-state index in [2.05, 4.69) is 20.1 Å². The number of nitrogens with zero attached hydrogens (tertiary/aromatic N) is 7. The summed E-state index contributed by atoms with van der Waals surface area (Å²) < 4.78 is 9.21. The zero-order chi connectivity index (χ0) is 18.9. The van der Waals surface area contributed by atoms with Gasteiger partial charge < -0.3 is 9.64 Å². The first kappa shape index (κ1) is 16.5. The van der Waals surface area contributed by atoms with Gasteiger partial charge in [-0.05, 0) is 24.3 Å². The molecule has 0 spiro atoms. The Labute approximate surface area is 162 Å². The Morgan fingerprint density at radius 2 is 1.93 bits per heavy atom. The van der Waals surface area contributed by atoms with Crippen LogP contribution in [0.5, 0.6) is 5.75 Å². The van der Waals surface area contributed by atoms with Gasteiger partial charge in [-0.15, -0.1) is 0 Å². The van der Waals surface area contributed by atoms with Crippen LogP contribution in [-0.4, -0.2) is 49.7 Å². The number of benzene rings is 1. The summed E-state index contributed by atoms with van der Waals surface area (Å²) in [4.78, 5) is 11.3. The summed E-state index contributed by atoms with van der Waals surface area (Å²) in [6.07, 6.45) is 9.35. The van der Waals surface area contributed by atoms with Gasteiger partial charge in [0.15, 0.2) is 0 Å². The van der Waals surface area contributed by atoms with Crippen LogP contribution >= 0.6 is 0 Å². The molecule has 140 valence electrons. The summed E-state index contributed by atoms with van der Waals surface area (Å²) in [5.74, 6) is 1.50. The van der Waals surface area contributed by atoms with Gasteiger partial charge >= 0.3 is 0 Å². The molecule has 1 aliphatic rings. The van der Waals surface area contributed by atoms with Gasteiger partial charge in [0, 0.05) is 43.4 Å². The Bertz CT molecular complexity index is 1080. The Morgan fingerprint density at radius 3 is 2.75 bits per heavy atom. The molecule has 8 nitrogen and oxygen atoms in total. The third kappa shape index (κ3) is 2.88. The Morgan fingerprint density at radius 1 is 1.04 bits per heavy atom. The molecular formula is C20H19N7O. The predicted octanol–water partition coefficient (Wildman–Crippen LogP) is 2.60. The van der Waals surface area contributed by atoms with Crippen molar-refractivity contribution in [3.63, 3.8) is 0 Å². The average Bonchev–Trinajstić information content (AvgIpc) is 3.39. The maximum atomic E-state index is 5.43. The van der Waals surface area contributed by atoms with E-state index in [-0.39, 0.29) is 0 Å². The molecule has 28 heavy (non-hydrogen) atoms. The van der Waals surface area contributed by atoms with E-state index in [9.17, 15) is 0 Å². The molecule has 0 unspecified atom stereocenters. The molecule has 4 aromatic rings. The van der Waals surface area contributed by atoms with Gasteiger partial charge in [-0.2, -0.15) is 10.2 Å². The lowest BCUT2D eigenvalue weighted by Gasteiger charge is -2.39. The largest absolute Gasteiger partial charge is 0.494 e. The number of para-hydroxylation sites is 2. The first-order chi connectivity index (χ1) is 13.8. The van der Waals surface area contributed by atoms with E-state index in [1.807, 2.05) is 53.5 Å². The van der Waals surface area contributed by atoms with Crippen molar-refractivity contribution in [3.8, 4) is 22.7 Å². The topological polar surface area (TPSA) is 73.9 Å². The second-order valence-corrected chi connectivity index (χ2v) is 6.63. The van der Waals surface area contributed by atoms with E-state index < -0.39 is 0 Å². The first-order valence-corrected chi connectivity index (χ1v) is 9.07. The third-order valence-corrected chi connectivity index (χ3v) is 4.90. The molecule has 8 heteroatoms. The van der Waals surface area contributed by atoms with E-state index >= 15 is 0 Å². The minimum atomic E-state index is 0.371. The monoisotopic (exact) mass is 373 g/mol. The van der Waals surface area contributed by atoms with Crippen molar-refractivity contribution >= 4 is 5.95 Å². The van der Waals surface area contributed by atoms with Crippen LogP contribution in [0.2, 0.25) is 0 Å². The second-order valence-electron chi connectivity index (χ2n) is 6.63. The van der Waals surface area contributed by atoms with Gasteiger partial charge in [0.2, 0.25) is 5.95 Å². The summed E-state index contributed by atoms with van der Waals surface area (Å²) >= 11 is 0.